The smallest absolute Gasteiger partial charge is 0.0708 e. The predicted molar refractivity (Wildman–Crippen MR) is 58.4 cm³/mol. The maximum absolute atomic E-state index is 6.02. The average Bonchev–Trinajstić information content (AvgIpc) is 2.19. The first kappa shape index (κ1) is 11.8. The third kappa shape index (κ3) is 2.59. The Balaban J connectivity index is 2.97. The molecule has 1 aromatic carbocycles. The average molecular weight is 235 g/mol. The van der Waals surface area contributed by atoms with Crippen LogP contribution in [0.15, 0.2) is 18.2 Å². The first-order valence-corrected chi connectivity index (χ1v) is 4.85. The molecule has 0 fully saturated rings. The summed E-state index contributed by atoms with van der Waals surface area (Å²) < 4.78 is 5.00. The largest absolute Gasteiger partial charge is 0.383 e. The fourth-order valence-corrected chi connectivity index (χ4v) is 1.62. The molecule has 5 heteroatoms. The molecule has 1 atom stereocenters. The third-order valence-electron chi connectivity index (χ3n) is 1.89. The Labute approximate surface area is 93.1 Å². The molecule has 0 amide bonds. The number of hydrogen-bond donors (Lipinski definition) is 2. The van der Waals surface area contributed by atoms with Crippen LogP contribution in [0.4, 0.5) is 0 Å². The predicted octanol–water partition coefficient (Wildman–Crippen LogP) is 2.14. The van der Waals surface area contributed by atoms with Crippen LogP contribution in [0.1, 0.15) is 11.6 Å². The Kier molecular flexibility index (Phi) is 4.65. The van der Waals surface area contributed by atoms with E-state index < -0.39 is 0 Å². The molecule has 0 aromatic heterocycles. The monoisotopic (exact) mass is 234 g/mol. The minimum Gasteiger partial charge on any atom is -0.383 e. The summed E-state index contributed by atoms with van der Waals surface area (Å²) >= 11 is 11.9. The van der Waals surface area contributed by atoms with Gasteiger partial charge in [0.2, 0.25) is 0 Å². The van der Waals surface area contributed by atoms with Crippen molar-refractivity contribution in [1.82, 2.24) is 5.43 Å². The normalized spacial score (nSPS) is 12.9. The Bertz CT molecular complexity index is 307. The quantitative estimate of drug-likeness (QED) is 0.620. The molecular weight excluding hydrogens is 223 g/mol. The third-order valence-corrected chi connectivity index (χ3v) is 2.72. The van der Waals surface area contributed by atoms with Gasteiger partial charge in [-0.3, -0.25) is 11.3 Å². The van der Waals surface area contributed by atoms with Crippen molar-refractivity contribution in [3.63, 3.8) is 0 Å². The lowest BCUT2D eigenvalue weighted by Gasteiger charge is -2.16. The van der Waals surface area contributed by atoms with Crippen molar-refractivity contribution >= 4 is 23.2 Å². The number of ether oxygens (including phenoxy) is 1. The molecule has 0 aliphatic carbocycles. The van der Waals surface area contributed by atoms with Gasteiger partial charge in [0.15, 0.2) is 0 Å². The first-order chi connectivity index (χ1) is 6.70. The first-order valence-electron chi connectivity index (χ1n) is 4.09. The molecule has 0 aliphatic heterocycles. The zero-order valence-corrected chi connectivity index (χ0v) is 9.27. The summed E-state index contributed by atoms with van der Waals surface area (Å²) in [6, 6.07) is 5.26. The summed E-state index contributed by atoms with van der Waals surface area (Å²) in [7, 11) is 1.60. The van der Waals surface area contributed by atoms with Crippen molar-refractivity contribution in [2.75, 3.05) is 13.7 Å². The number of rotatable bonds is 4. The number of halogens is 2. The summed E-state index contributed by atoms with van der Waals surface area (Å²) in [5.74, 6) is 5.38. The fourth-order valence-electron chi connectivity index (χ4n) is 1.18. The summed E-state index contributed by atoms with van der Waals surface area (Å²) in [6.45, 7) is 0.441. The second kappa shape index (κ2) is 5.53. The van der Waals surface area contributed by atoms with Gasteiger partial charge in [-0.05, 0) is 11.6 Å². The second-order valence-corrected chi connectivity index (χ2v) is 3.60. The van der Waals surface area contributed by atoms with E-state index in [4.69, 9.17) is 33.8 Å². The lowest BCUT2D eigenvalue weighted by Crippen LogP contribution is -2.31. The van der Waals surface area contributed by atoms with E-state index in [1.54, 1.807) is 13.2 Å². The van der Waals surface area contributed by atoms with Crippen molar-refractivity contribution in [2.45, 2.75) is 6.04 Å². The summed E-state index contributed by atoms with van der Waals surface area (Å²) in [5.41, 5.74) is 3.46. The Morgan fingerprint density at radius 2 is 2.21 bits per heavy atom. The molecule has 3 nitrogen and oxygen atoms in total. The maximum atomic E-state index is 6.02. The van der Waals surface area contributed by atoms with Gasteiger partial charge >= 0.3 is 0 Å². The molecule has 0 heterocycles. The zero-order chi connectivity index (χ0) is 10.6. The molecule has 0 spiro atoms. The van der Waals surface area contributed by atoms with Crippen LogP contribution in [0.2, 0.25) is 10.0 Å². The molecule has 1 unspecified atom stereocenters. The van der Waals surface area contributed by atoms with Crippen molar-refractivity contribution in [2.24, 2.45) is 5.84 Å². The molecule has 0 bridgehead atoms. The van der Waals surface area contributed by atoms with Gasteiger partial charge in [-0.2, -0.15) is 0 Å². The lowest BCUT2D eigenvalue weighted by molar-refractivity contribution is 0.167. The molecule has 0 saturated carbocycles. The van der Waals surface area contributed by atoms with E-state index in [1.165, 1.54) is 0 Å². The number of methoxy groups -OCH3 is 1. The molecule has 14 heavy (non-hydrogen) atoms. The van der Waals surface area contributed by atoms with Crippen LogP contribution < -0.4 is 11.3 Å². The topological polar surface area (TPSA) is 47.3 Å². The fraction of sp³-hybridized carbons (Fsp3) is 0.333. The van der Waals surface area contributed by atoms with Crippen LogP contribution in [-0.2, 0) is 4.74 Å². The van der Waals surface area contributed by atoms with E-state index >= 15 is 0 Å². The van der Waals surface area contributed by atoms with Crippen molar-refractivity contribution < 1.29 is 4.74 Å². The maximum Gasteiger partial charge on any atom is 0.0708 e. The van der Waals surface area contributed by atoms with Crippen LogP contribution in [0.3, 0.4) is 0 Å². The zero-order valence-electron chi connectivity index (χ0n) is 7.76. The highest BCUT2D eigenvalue weighted by molar-refractivity contribution is 6.42. The van der Waals surface area contributed by atoms with Crippen molar-refractivity contribution in [3.8, 4) is 0 Å². The molecular formula is C9H12Cl2N2O. The van der Waals surface area contributed by atoms with Crippen molar-refractivity contribution in [3.05, 3.63) is 33.8 Å². The lowest BCUT2D eigenvalue weighted by atomic mass is 10.1. The number of hydrazine groups is 1. The van der Waals surface area contributed by atoms with Crippen LogP contribution in [0, 0.1) is 0 Å². The van der Waals surface area contributed by atoms with Crippen LogP contribution in [0.5, 0.6) is 0 Å². The standard InChI is InChI=1S/C9H12Cl2N2O/c1-14-5-8(13-12)6-3-2-4-7(10)9(6)11/h2-4,8,13H,5,12H2,1H3. The van der Waals surface area contributed by atoms with E-state index in [0.717, 1.165) is 5.56 Å². The van der Waals surface area contributed by atoms with Crippen LogP contribution >= 0.6 is 23.2 Å². The number of nitrogens with one attached hydrogen (secondary N) is 1. The summed E-state index contributed by atoms with van der Waals surface area (Å²) in [4.78, 5) is 0. The van der Waals surface area contributed by atoms with Gasteiger partial charge in [0, 0.05) is 7.11 Å². The van der Waals surface area contributed by atoms with Gasteiger partial charge in [-0.1, -0.05) is 35.3 Å². The molecule has 0 saturated heterocycles. The van der Waals surface area contributed by atoms with Gasteiger partial charge in [0.25, 0.3) is 0 Å². The van der Waals surface area contributed by atoms with E-state index in [2.05, 4.69) is 5.43 Å². The van der Waals surface area contributed by atoms with Gasteiger partial charge in [0.1, 0.15) is 0 Å². The molecule has 0 radical (unpaired) electrons. The van der Waals surface area contributed by atoms with Gasteiger partial charge < -0.3 is 4.74 Å². The van der Waals surface area contributed by atoms with Crippen LogP contribution in [-0.4, -0.2) is 13.7 Å². The highest BCUT2D eigenvalue weighted by Gasteiger charge is 2.14. The Hall–Kier alpha value is -0.320. The summed E-state index contributed by atoms with van der Waals surface area (Å²) in [6.07, 6.45) is 0. The second-order valence-electron chi connectivity index (χ2n) is 2.82. The van der Waals surface area contributed by atoms with E-state index in [1.807, 2.05) is 12.1 Å². The minimum absolute atomic E-state index is 0.147. The van der Waals surface area contributed by atoms with E-state index in [-0.39, 0.29) is 6.04 Å². The van der Waals surface area contributed by atoms with Gasteiger partial charge in [0.05, 0.1) is 22.7 Å². The van der Waals surface area contributed by atoms with Crippen molar-refractivity contribution in [1.29, 1.82) is 0 Å². The van der Waals surface area contributed by atoms with Gasteiger partial charge in [-0.25, -0.2) is 0 Å². The van der Waals surface area contributed by atoms with Gasteiger partial charge in [-0.15, -0.1) is 0 Å². The van der Waals surface area contributed by atoms with E-state index in [0.29, 0.717) is 16.7 Å². The highest BCUT2D eigenvalue weighted by Crippen LogP contribution is 2.29. The molecule has 1 aromatic rings. The molecule has 0 aliphatic rings. The minimum atomic E-state index is -0.147. The number of benzene rings is 1. The highest BCUT2D eigenvalue weighted by atomic mass is 35.5. The number of hydrogen-bond acceptors (Lipinski definition) is 3. The summed E-state index contributed by atoms with van der Waals surface area (Å²) in [5, 5.41) is 1.02. The van der Waals surface area contributed by atoms with E-state index in [9.17, 15) is 0 Å². The molecule has 78 valence electrons. The van der Waals surface area contributed by atoms with Crippen LogP contribution in [0.25, 0.3) is 0 Å². The Morgan fingerprint density at radius 3 is 2.79 bits per heavy atom. The SMILES string of the molecule is COCC(NN)c1cccc(Cl)c1Cl. The number of nitrogens with two attached hydrogens (primary N) is 1. The molecule has 1 rings (SSSR count). The Morgan fingerprint density at radius 1 is 1.50 bits per heavy atom. The molecule has 3 N–H and O–H groups in total.